The van der Waals surface area contributed by atoms with Gasteiger partial charge in [0.25, 0.3) is 0 Å². The maximum atomic E-state index is 9.60. The molecule has 0 aliphatic heterocycles. The molecular weight excluding hydrogens is 154 g/mol. The molecule has 1 aromatic carbocycles. The van der Waals surface area contributed by atoms with E-state index >= 15 is 0 Å². The molecule has 0 aromatic heterocycles. The van der Waals surface area contributed by atoms with E-state index in [0.717, 1.165) is 0 Å². The van der Waals surface area contributed by atoms with Crippen molar-refractivity contribution in [3.05, 3.63) is 35.9 Å². The summed E-state index contributed by atoms with van der Waals surface area (Å²) in [6.07, 6.45) is 0.150. The Labute approximate surface area is 71.5 Å². The van der Waals surface area contributed by atoms with Crippen LogP contribution in [0.2, 0.25) is 0 Å². The summed E-state index contributed by atoms with van der Waals surface area (Å²) in [5, 5.41) is 18.2. The van der Waals surface area contributed by atoms with Crippen molar-refractivity contribution < 1.29 is 10.2 Å². The lowest BCUT2D eigenvalue weighted by molar-refractivity contribution is 0.0176. The van der Waals surface area contributed by atoms with Crippen molar-refractivity contribution in [3.8, 4) is 0 Å². The normalized spacial score (nSPS) is 15.6. The third-order valence-electron chi connectivity index (χ3n) is 1.77. The molecule has 66 valence electrons. The molecule has 0 unspecified atom stereocenters. The van der Waals surface area contributed by atoms with Crippen molar-refractivity contribution >= 4 is 0 Å². The summed E-state index contributed by atoms with van der Waals surface area (Å²) in [6, 6.07) is 8.90. The minimum absolute atomic E-state index is 0.123. The molecule has 12 heavy (non-hydrogen) atoms. The average molecular weight is 167 g/mol. The number of rotatable bonds is 3. The lowest BCUT2D eigenvalue weighted by atomic mass is 10.0. The topological polar surface area (TPSA) is 66.5 Å². The second-order valence-electron chi connectivity index (χ2n) is 2.76. The molecule has 1 aromatic rings. The molecule has 1 atom stereocenters. The van der Waals surface area contributed by atoms with E-state index in [4.69, 9.17) is 10.8 Å². The van der Waals surface area contributed by atoms with Gasteiger partial charge in [0, 0.05) is 13.0 Å². The maximum absolute atomic E-state index is 9.60. The van der Waals surface area contributed by atoms with Gasteiger partial charge in [-0.15, -0.1) is 0 Å². The van der Waals surface area contributed by atoms with E-state index < -0.39 is 5.72 Å². The molecule has 0 aliphatic rings. The second kappa shape index (κ2) is 3.67. The zero-order valence-corrected chi connectivity index (χ0v) is 6.77. The molecule has 0 saturated heterocycles. The number of aliphatic hydroxyl groups is 2. The van der Waals surface area contributed by atoms with E-state index in [1.54, 1.807) is 24.3 Å². The maximum Gasteiger partial charge on any atom is 0.141 e. The zero-order chi connectivity index (χ0) is 9.03. The van der Waals surface area contributed by atoms with Crippen LogP contribution in [-0.2, 0) is 5.72 Å². The number of benzene rings is 1. The van der Waals surface area contributed by atoms with Crippen molar-refractivity contribution in [2.24, 2.45) is 5.73 Å². The minimum atomic E-state index is -1.41. The molecule has 0 bridgehead atoms. The first kappa shape index (κ1) is 9.19. The Balaban J connectivity index is 2.82. The summed E-state index contributed by atoms with van der Waals surface area (Å²) < 4.78 is 0. The molecule has 4 N–H and O–H groups in total. The van der Waals surface area contributed by atoms with Gasteiger partial charge in [0.05, 0.1) is 0 Å². The quantitative estimate of drug-likeness (QED) is 0.562. The monoisotopic (exact) mass is 167 g/mol. The minimum Gasteiger partial charge on any atom is -0.396 e. The predicted octanol–water partition coefficient (Wildman–Crippen LogP) is 0.173. The van der Waals surface area contributed by atoms with Crippen molar-refractivity contribution in [3.63, 3.8) is 0 Å². The van der Waals surface area contributed by atoms with Gasteiger partial charge in [-0.3, -0.25) is 5.73 Å². The highest BCUT2D eigenvalue weighted by molar-refractivity contribution is 5.20. The van der Waals surface area contributed by atoms with E-state index in [1.165, 1.54) is 0 Å². The summed E-state index contributed by atoms with van der Waals surface area (Å²) in [4.78, 5) is 0. The van der Waals surface area contributed by atoms with Crippen LogP contribution in [0.4, 0.5) is 0 Å². The van der Waals surface area contributed by atoms with Gasteiger partial charge < -0.3 is 10.2 Å². The number of aliphatic hydroxyl groups excluding tert-OH is 1. The van der Waals surface area contributed by atoms with Gasteiger partial charge in [-0.25, -0.2) is 0 Å². The van der Waals surface area contributed by atoms with E-state index in [-0.39, 0.29) is 13.0 Å². The van der Waals surface area contributed by atoms with Crippen LogP contribution in [0.3, 0.4) is 0 Å². The van der Waals surface area contributed by atoms with Gasteiger partial charge >= 0.3 is 0 Å². The highest BCUT2D eigenvalue weighted by Gasteiger charge is 2.21. The number of hydrogen-bond donors (Lipinski definition) is 3. The summed E-state index contributed by atoms with van der Waals surface area (Å²) in [5.74, 6) is 0. The molecule has 0 amide bonds. The zero-order valence-electron chi connectivity index (χ0n) is 6.77. The van der Waals surface area contributed by atoms with Crippen LogP contribution in [0.15, 0.2) is 30.3 Å². The van der Waals surface area contributed by atoms with Crippen LogP contribution < -0.4 is 5.73 Å². The summed E-state index contributed by atoms with van der Waals surface area (Å²) in [7, 11) is 0. The Morgan fingerprint density at radius 1 is 1.25 bits per heavy atom. The fraction of sp³-hybridized carbons (Fsp3) is 0.333. The van der Waals surface area contributed by atoms with Crippen molar-refractivity contribution in [2.75, 3.05) is 6.61 Å². The average Bonchev–Trinajstić information content (AvgIpc) is 2.06. The summed E-state index contributed by atoms with van der Waals surface area (Å²) in [6.45, 7) is -0.123. The Kier molecular flexibility index (Phi) is 2.81. The summed E-state index contributed by atoms with van der Waals surface area (Å²) >= 11 is 0. The number of hydrogen-bond acceptors (Lipinski definition) is 3. The lowest BCUT2D eigenvalue weighted by Crippen LogP contribution is -2.37. The largest absolute Gasteiger partial charge is 0.396 e. The second-order valence-corrected chi connectivity index (χ2v) is 2.76. The molecule has 0 radical (unpaired) electrons. The van der Waals surface area contributed by atoms with Gasteiger partial charge in [-0.2, -0.15) is 0 Å². The van der Waals surface area contributed by atoms with Gasteiger partial charge in [0.2, 0.25) is 0 Å². The third kappa shape index (κ3) is 2.04. The first-order valence-corrected chi connectivity index (χ1v) is 3.84. The standard InChI is InChI=1S/C9H13NO2/c10-9(12,6-7-11)8-4-2-1-3-5-8/h1-5,11-12H,6-7,10H2/t9-/m1/s1. The van der Waals surface area contributed by atoms with E-state index in [9.17, 15) is 5.11 Å². The highest BCUT2D eigenvalue weighted by Crippen LogP contribution is 2.17. The molecule has 0 heterocycles. The fourth-order valence-electron chi connectivity index (χ4n) is 1.04. The Bertz CT molecular complexity index is 234. The third-order valence-corrected chi connectivity index (χ3v) is 1.77. The molecular formula is C9H13NO2. The predicted molar refractivity (Wildman–Crippen MR) is 46.2 cm³/mol. The van der Waals surface area contributed by atoms with Gasteiger partial charge in [-0.05, 0) is 5.56 Å². The number of nitrogens with two attached hydrogens (primary N) is 1. The summed E-state index contributed by atoms with van der Waals surface area (Å²) in [5.41, 5.74) is 4.76. The van der Waals surface area contributed by atoms with Crippen LogP contribution >= 0.6 is 0 Å². The van der Waals surface area contributed by atoms with Crippen LogP contribution in [0.5, 0.6) is 0 Å². The lowest BCUT2D eigenvalue weighted by Gasteiger charge is -2.22. The van der Waals surface area contributed by atoms with Crippen LogP contribution in [0, 0.1) is 0 Å². The Morgan fingerprint density at radius 2 is 1.83 bits per heavy atom. The first-order chi connectivity index (χ1) is 5.67. The van der Waals surface area contributed by atoms with Gasteiger partial charge in [0.15, 0.2) is 0 Å². The van der Waals surface area contributed by atoms with Crippen molar-refractivity contribution in [1.82, 2.24) is 0 Å². The highest BCUT2D eigenvalue weighted by atomic mass is 16.3. The van der Waals surface area contributed by atoms with Gasteiger partial charge in [0.1, 0.15) is 5.72 Å². The van der Waals surface area contributed by atoms with E-state index in [2.05, 4.69) is 0 Å². The molecule has 3 heteroatoms. The van der Waals surface area contributed by atoms with E-state index in [0.29, 0.717) is 5.56 Å². The smallest absolute Gasteiger partial charge is 0.141 e. The Morgan fingerprint density at radius 3 is 2.33 bits per heavy atom. The van der Waals surface area contributed by atoms with Crippen LogP contribution in [0.25, 0.3) is 0 Å². The molecule has 3 nitrogen and oxygen atoms in total. The fourth-order valence-corrected chi connectivity index (χ4v) is 1.04. The SMILES string of the molecule is N[C@@](O)(CCO)c1ccccc1. The Hall–Kier alpha value is -0.900. The molecule has 0 fully saturated rings. The van der Waals surface area contributed by atoms with Gasteiger partial charge in [-0.1, -0.05) is 30.3 Å². The molecule has 0 saturated carbocycles. The first-order valence-electron chi connectivity index (χ1n) is 3.84. The van der Waals surface area contributed by atoms with Crippen LogP contribution in [0.1, 0.15) is 12.0 Å². The molecule has 1 rings (SSSR count). The van der Waals surface area contributed by atoms with Crippen molar-refractivity contribution in [1.29, 1.82) is 0 Å². The molecule has 0 spiro atoms. The van der Waals surface area contributed by atoms with Crippen LogP contribution in [-0.4, -0.2) is 16.8 Å². The molecule has 0 aliphatic carbocycles. The van der Waals surface area contributed by atoms with Crippen molar-refractivity contribution in [2.45, 2.75) is 12.1 Å². The van der Waals surface area contributed by atoms with E-state index in [1.807, 2.05) is 6.07 Å².